The van der Waals surface area contributed by atoms with Gasteiger partial charge in [0.05, 0.1) is 6.61 Å². The number of anilines is 1. The summed E-state index contributed by atoms with van der Waals surface area (Å²) >= 11 is 0. The molecule has 0 spiro atoms. The highest BCUT2D eigenvalue weighted by Crippen LogP contribution is 2.10. The molecule has 0 heterocycles. The summed E-state index contributed by atoms with van der Waals surface area (Å²) in [6.07, 6.45) is 0. The van der Waals surface area contributed by atoms with Crippen molar-refractivity contribution in [1.29, 1.82) is 0 Å². The predicted octanol–water partition coefficient (Wildman–Crippen LogP) is 0.0878. The molecule has 0 aliphatic rings. The second kappa shape index (κ2) is 4.77. The third-order valence-electron chi connectivity index (χ3n) is 1.61. The zero-order valence-corrected chi connectivity index (χ0v) is 7.62. The van der Waals surface area contributed by atoms with Gasteiger partial charge < -0.3 is 15.2 Å². The van der Waals surface area contributed by atoms with Crippen molar-refractivity contribution in [2.45, 2.75) is 0 Å². The Hall–Kier alpha value is -1.16. The summed E-state index contributed by atoms with van der Waals surface area (Å²) in [6.45, 7) is 1.07. The molecule has 0 aliphatic heterocycles. The summed E-state index contributed by atoms with van der Waals surface area (Å²) in [4.78, 5) is 0. The minimum atomic E-state index is 0.514. The smallest absolute Gasteiger partial charge is 0.118 e. The van der Waals surface area contributed by atoms with Crippen molar-refractivity contribution < 1.29 is 9.47 Å². The molecule has 0 saturated heterocycles. The van der Waals surface area contributed by atoms with Gasteiger partial charge in [-0.05, 0) is 18.2 Å². The van der Waals surface area contributed by atoms with Gasteiger partial charge in [0.1, 0.15) is 20.2 Å². The first-order chi connectivity index (χ1) is 6.24. The average molecular weight is 177 g/mol. The largest absolute Gasteiger partial charge is 0.491 e. The molecule has 68 valence electrons. The second-order valence-corrected chi connectivity index (χ2v) is 2.63. The number of nitrogens with two attached hydrogens (primary N) is 1. The van der Waals surface area contributed by atoms with Crippen LogP contribution in [0.15, 0.2) is 18.2 Å². The first-order valence-corrected chi connectivity index (χ1v) is 4.01. The van der Waals surface area contributed by atoms with Crippen LogP contribution in [0, 0.1) is 0 Å². The van der Waals surface area contributed by atoms with Gasteiger partial charge in [0, 0.05) is 12.8 Å². The van der Waals surface area contributed by atoms with Crippen LogP contribution in [-0.4, -0.2) is 28.2 Å². The zero-order chi connectivity index (χ0) is 9.68. The van der Waals surface area contributed by atoms with Gasteiger partial charge in [-0.25, -0.2) is 0 Å². The molecule has 0 saturated carbocycles. The fraction of sp³-hybridized carbons (Fsp3) is 0.333. The average Bonchev–Trinajstić information content (AvgIpc) is 2.12. The summed E-state index contributed by atoms with van der Waals surface area (Å²) < 4.78 is 10.2. The molecule has 1 aromatic rings. The van der Waals surface area contributed by atoms with Gasteiger partial charge in [0.15, 0.2) is 0 Å². The lowest BCUT2D eigenvalue weighted by atomic mass is 9.94. The zero-order valence-electron chi connectivity index (χ0n) is 7.62. The minimum absolute atomic E-state index is 0.514. The Labute approximate surface area is 79.2 Å². The third kappa shape index (κ3) is 2.99. The van der Waals surface area contributed by atoms with E-state index in [2.05, 4.69) is 0 Å². The van der Waals surface area contributed by atoms with Gasteiger partial charge in [-0.15, -0.1) is 0 Å². The van der Waals surface area contributed by atoms with E-state index in [4.69, 9.17) is 23.1 Å². The van der Waals surface area contributed by atoms with Crippen molar-refractivity contribution in [2.75, 3.05) is 26.1 Å². The minimum Gasteiger partial charge on any atom is -0.491 e. The van der Waals surface area contributed by atoms with Crippen LogP contribution >= 0.6 is 0 Å². The molecule has 13 heavy (non-hydrogen) atoms. The van der Waals surface area contributed by atoms with E-state index in [-0.39, 0.29) is 0 Å². The van der Waals surface area contributed by atoms with Crippen LogP contribution in [0.5, 0.6) is 5.75 Å². The van der Waals surface area contributed by atoms with Crippen molar-refractivity contribution in [2.24, 2.45) is 0 Å². The number of benzene rings is 1. The molecular weight excluding hydrogens is 165 g/mol. The lowest BCUT2D eigenvalue weighted by Gasteiger charge is -2.07. The van der Waals surface area contributed by atoms with E-state index >= 15 is 0 Å². The molecule has 0 atom stereocenters. The molecule has 0 unspecified atom stereocenters. The van der Waals surface area contributed by atoms with Gasteiger partial charge in [0.25, 0.3) is 0 Å². The van der Waals surface area contributed by atoms with Crippen LogP contribution in [-0.2, 0) is 4.74 Å². The molecule has 2 N–H and O–H groups in total. The Morgan fingerprint density at radius 2 is 2.15 bits per heavy atom. The molecular formula is C9H12BNO2. The molecule has 4 heteroatoms. The topological polar surface area (TPSA) is 44.5 Å². The van der Waals surface area contributed by atoms with Crippen LogP contribution in [0.25, 0.3) is 0 Å². The Balaban J connectivity index is 2.53. The highest BCUT2D eigenvalue weighted by molar-refractivity contribution is 6.35. The van der Waals surface area contributed by atoms with Crippen LogP contribution < -0.4 is 15.9 Å². The highest BCUT2D eigenvalue weighted by atomic mass is 16.5. The van der Waals surface area contributed by atoms with Gasteiger partial charge in [-0.3, -0.25) is 0 Å². The van der Waals surface area contributed by atoms with Gasteiger partial charge >= 0.3 is 0 Å². The van der Waals surface area contributed by atoms with E-state index < -0.39 is 0 Å². The molecule has 0 aliphatic carbocycles. The summed E-state index contributed by atoms with van der Waals surface area (Å²) in [7, 11) is 7.21. The van der Waals surface area contributed by atoms with Crippen molar-refractivity contribution in [3.8, 4) is 5.75 Å². The SMILES string of the molecule is [B]c1cc(OCCOC)ccc1N. The second-order valence-electron chi connectivity index (χ2n) is 2.63. The fourth-order valence-electron chi connectivity index (χ4n) is 0.885. The molecule has 0 amide bonds. The number of methoxy groups -OCH3 is 1. The fourth-order valence-corrected chi connectivity index (χ4v) is 0.885. The van der Waals surface area contributed by atoms with Crippen molar-refractivity contribution >= 4 is 19.0 Å². The summed E-state index contributed by atoms with van der Waals surface area (Å²) in [5.41, 5.74) is 6.64. The first kappa shape index (κ1) is 9.93. The predicted molar refractivity (Wildman–Crippen MR) is 53.6 cm³/mol. The first-order valence-electron chi connectivity index (χ1n) is 4.01. The number of ether oxygens (including phenoxy) is 2. The van der Waals surface area contributed by atoms with E-state index in [9.17, 15) is 0 Å². The van der Waals surface area contributed by atoms with E-state index in [0.29, 0.717) is 30.1 Å². The van der Waals surface area contributed by atoms with Crippen molar-refractivity contribution in [3.63, 3.8) is 0 Å². The number of hydrogen-bond acceptors (Lipinski definition) is 3. The number of nitrogen functional groups attached to an aromatic ring is 1. The van der Waals surface area contributed by atoms with Crippen molar-refractivity contribution in [3.05, 3.63) is 18.2 Å². The van der Waals surface area contributed by atoms with Gasteiger partial charge in [-0.2, -0.15) is 0 Å². The molecule has 1 aromatic carbocycles. The Kier molecular flexibility index (Phi) is 3.64. The molecule has 3 nitrogen and oxygen atoms in total. The standard InChI is InChI=1S/C9H12BNO2/c1-12-4-5-13-7-2-3-9(11)8(10)6-7/h2-3,6H,4-5,11H2,1H3. The maximum absolute atomic E-state index is 5.59. The summed E-state index contributed by atoms with van der Waals surface area (Å²) in [5, 5.41) is 0. The highest BCUT2D eigenvalue weighted by Gasteiger charge is 1.96. The maximum atomic E-state index is 5.59. The quantitative estimate of drug-likeness (QED) is 0.402. The van der Waals surface area contributed by atoms with Crippen LogP contribution in [0.2, 0.25) is 0 Å². The van der Waals surface area contributed by atoms with Gasteiger partial charge in [-0.1, -0.05) is 5.46 Å². The van der Waals surface area contributed by atoms with E-state index in [1.807, 2.05) is 0 Å². The van der Waals surface area contributed by atoms with Crippen LogP contribution in [0.1, 0.15) is 0 Å². The lowest BCUT2D eigenvalue weighted by Crippen LogP contribution is -2.11. The summed E-state index contributed by atoms with van der Waals surface area (Å²) in [5.74, 6) is 0.712. The van der Waals surface area contributed by atoms with Gasteiger partial charge in [0.2, 0.25) is 0 Å². The van der Waals surface area contributed by atoms with Crippen molar-refractivity contribution in [1.82, 2.24) is 0 Å². The molecule has 1 rings (SSSR count). The molecule has 0 aromatic heterocycles. The Morgan fingerprint density at radius 3 is 2.77 bits per heavy atom. The van der Waals surface area contributed by atoms with E-state index in [1.165, 1.54) is 0 Å². The van der Waals surface area contributed by atoms with Crippen LogP contribution in [0.3, 0.4) is 0 Å². The lowest BCUT2D eigenvalue weighted by molar-refractivity contribution is 0.146. The monoisotopic (exact) mass is 177 g/mol. The Bertz CT molecular complexity index is 278. The third-order valence-corrected chi connectivity index (χ3v) is 1.61. The van der Waals surface area contributed by atoms with Crippen LogP contribution in [0.4, 0.5) is 5.69 Å². The number of rotatable bonds is 4. The normalized spacial score (nSPS) is 9.92. The molecule has 2 radical (unpaired) electrons. The summed E-state index contributed by atoms with van der Waals surface area (Å²) in [6, 6.07) is 5.20. The van der Waals surface area contributed by atoms with E-state index in [1.54, 1.807) is 25.3 Å². The maximum Gasteiger partial charge on any atom is 0.118 e. The Morgan fingerprint density at radius 1 is 1.38 bits per heavy atom. The molecule has 0 fully saturated rings. The molecule has 0 bridgehead atoms. The number of hydrogen-bond donors (Lipinski definition) is 1. The van der Waals surface area contributed by atoms with E-state index in [0.717, 1.165) is 0 Å².